The fourth-order valence-corrected chi connectivity index (χ4v) is 10.6. The van der Waals surface area contributed by atoms with Gasteiger partial charge in [-0.05, 0) is 39.7 Å². The van der Waals surface area contributed by atoms with Crippen LogP contribution < -0.4 is 0 Å². The van der Waals surface area contributed by atoms with Crippen molar-refractivity contribution < 1.29 is 9.22 Å². The summed E-state index contributed by atoms with van der Waals surface area (Å²) in [6.45, 7) is 13.3. The molecule has 0 N–H and O–H groups in total. The van der Waals surface area contributed by atoms with Gasteiger partial charge < -0.3 is 4.43 Å². The normalized spacial score (nSPS) is 24.5. The van der Waals surface area contributed by atoms with Crippen molar-refractivity contribution in [3.05, 3.63) is 40.4 Å². The molecule has 0 heterocycles. The van der Waals surface area contributed by atoms with E-state index >= 15 is 0 Å². The Labute approximate surface area is 157 Å². The zero-order valence-corrected chi connectivity index (χ0v) is 17.8. The standard InChI is InChI=1S/C21H29ClO2Si/c1-12(2)25(13(3)4,14(5)6)24-21(23)20-16-11-10-15-8-7-9-17(22)18(15)19(16)20/h7-14,16,19-20H,1-6H3/t16-,19-,20+/m0/s1. The lowest BCUT2D eigenvalue weighted by molar-refractivity contribution is -0.137. The minimum Gasteiger partial charge on any atom is -0.518 e. The summed E-state index contributed by atoms with van der Waals surface area (Å²) in [5, 5.41) is 0.771. The molecule has 4 heteroatoms. The molecule has 0 radical (unpaired) electrons. The largest absolute Gasteiger partial charge is 0.518 e. The minimum absolute atomic E-state index is 0.00446. The van der Waals surface area contributed by atoms with Crippen LogP contribution in [0, 0.1) is 11.8 Å². The van der Waals surface area contributed by atoms with Crippen LogP contribution in [-0.2, 0) is 9.22 Å². The molecule has 1 aromatic carbocycles. The Morgan fingerprint density at radius 1 is 1.08 bits per heavy atom. The highest BCUT2D eigenvalue weighted by Gasteiger charge is 2.59. The highest BCUT2D eigenvalue weighted by Crippen LogP contribution is 2.61. The van der Waals surface area contributed by atoms with Crippen LogP contribution in [0.5, 0.6) is 0 Å². The Morgan fingerprint density at radius 2 is 1.68 bits per heavy atom. The van der Waals surface area contributed by atoms with E-state index in [-0.39, 0.29) is 23.7 Å². The van der Waals surface area contributed by atoms with E-state index in [9.17, 15) is 4.79 Å². The third kappa shape index (κ3) is 2.89. The molecule has 0 spiro atoms. The first-order chi connectivity index (χ1) is 11.7. The molecule has 2 aliphatic carbocycles. The summed E-state index contributed by atoms with van der Waals surface area (Å²) >= 11 is 6.44. The predicted molar refractivity (Wildman–Crippen MR) is 107 cm³/mol. The molecule has 2 nitrogen and oxygen atoms in total. The van der Waals surface area contributed by atoms with Gasteiger partial charge in [0.2, 0.25) is 0 Å². The van der Waals surface area contributed by atoms with Gasteiger partial charge in [0.25, 0.3) is 14.3 Å². The molecule has 0 aliphatic heterocycles. The summed E-state index contributed by atoms with van der Waals surface area (Å²) in [5.41, 5.74) is 3.49. The van der Waals surface area contributed by atoms with Gasteiger partial charge in [0, 0.05) is 10.9 Å². The molecule has 3 rings (SSSR count). The van der Waals surface area contributed by atoms with Crippen LogP contribution in [0.1, 0.15) is 58.6 Å². The van der Waals surface area contributed by atoms with E-state index in [2.05, 4.69) is 59.8 Å². The topological polar surface area (TPSA) is 26.3 Å². The second-order valence-electron chi connectivity index (χ2n) is 8.47. The van der Waals surface area contributed by atoms with E-state index in [1.165, 1.54) is 0 Å². The molecular formula is C21H29ClO2Si. The second-order valence-corrected chi connectivity index (χ2v) is 14.3. The van der Waals surface area contributed by atoms with E-state index in [1.807, 2.05) is 12.1 Å². The molecule has 2 aliphatic rings. The van der Waals surface area contributed by atoms with E-state index in [0.717, 1.165) is 16.1 Å². The summed E-state index contributed by atoms with van der Waals surface area (Å²) in [5.74, 6) is 0.369. The van der Waals surface area contributed by atoms with Crippen molar-refractivity contribution in [2.24, 2.45) is 11.8 Å². The van der Waals surface area contributed by atoms with Crippen LogP contribution >= 0.6 is 11.6 Å². The summed E-state index contributed by atoms with van der Waals surface area (Å²) in [6.07, 6.45) is 4.27. The SMILES string of the molecule is CC(C)[Si](OC(=O)[C@@H]1[C@H]2C=Cc3cccc(Cl)c3[C@H]21)(C(C)C)C(C)C. The lowest BCUT2D eigenvalue weighted by Gasteiger charge is -2.41. The molecule has 0 bridgehead atoms. The Hall–Kier alpha value is -1.06. The highest BCUT2D eigenvalue weighted by atomic mass is 35.5. The first-order valence-corrected chi connectivity index (χ1v) is 11.9. The van der Waals surface area contributed by atoms with Crippen molar-refractivity contribution in [1.29, 1.82) is 0 Å². The average molecular weight is 377 g/mol. The number of carbonyl (C=O) groups excluding carboxylic acids is 1. The molecule has 1 fully saturated rings. The summed E-state index contributed by atoms with van der Waals surface area (Å²) in [4.78, 5) is 13.2. The molecule has 25 heavy (non-hydrogen) atoms. The van der Waals surface area contributed by atoms with Gasteiger partial charge in [-0.1, -0.05) is 77.4 Å². The van der Waals surface area contributed by atoms with Crippen LogP contribution in [0.25, 0.3) is 6.08 Å². The number of halogens is 1. The van der Waals surface area contributed by atoms with E-state index in [1.54, 1.807) is 0 Å². The number of hydrogen-bond acceptors (Lipinski definition) is 2. The molecule has 0 saturated heterocycles. The van der Waals surface area contributed by atoms with E-state index < -0.39 is 8.32 Å². The molecular weight excluding hydrogens is 348 g/mol. The molecule has 0 amide bonds. The minimum atomic E-state index is -2.19. The van der Waals surface area contributed by atoms with Crippen LogP contribution in [0.2, 0.25) is 21.6 Å². The van der Waals surface area contributed by atoms with Crippen LogP contribution in [0.15, 0.2) is 24.3 Å². The fraction of sp³-hybridized carbons (Fsp3) is 0.571. The quantitative estimate of drug-likeness (QED) is 0.554. The number of fused-ring (bicyclic) bond motifs is 3. The van der Waals surface area contributed by atoms with Crippen molar-refractivity contribution in [2.45, 2.75) is 64.1 Å². The smallest absolute Gasteiger partial charge is 0.296 e. The third-order valence-electron chi connectivity index (χ3n) is 6.25. The van der Waals surface area contributed by atoms with E-state index in [4.69, 9.17) is 16.0 Å². The summed E-state index contributed by atoms with van der Waals surface area (Å²) < 4.78 is 6.42. The van der Waals surface area contributed by atoms with Crippen molar-refractivity contribution in [2.75, 3.05) is 0 Å². The van der Waals surface area contributed by atoms with Gasteiger partial charge in [0.05, 0.1) is 5.92 Å². The Bertz CT molecular complexity index is 686. The maximum atomic E-state index is 13.2. The predicted octanol–water partition coefficient (Wildman–Crippen LogP) is 6.42. The maximum Gasteiger partial charge on any atom is 0.296 e. The number of hydrogen-bond donors (Lipinski definition) is 0. The van der Waals surface area contributed by atoms with E-state index in [0.29, 0.717) is 16.6 Å². The molecule has 0 unspecified atom stereocenters. The first kappa shape index (κ1) is 18.7. The Kier molecular flexibility index (Phi) is 4.93. The van der Waals surface area contributed by atoms with Crippen LogP contribution in [0.4, 0.5) is 0 Å². The molecule has 0 aromatic heterocycles. The van der Waals surface area contributed by atoms with Gasteiger partial charge in [-0.2, -0.15) is 0 Å². The van der Waals surface area contributed by atoms with Gasteiger partial charge in [-0.3, -0.25) is 4.79 Å². The van der Waals surface area contributed by atoms with Crippen LogP contribution in [-0.4, -0.2) is 14.3 Å². The monoisotopic (exact) mass is 376 g/mol. The van der Waals surface area contributed by atoms with Crippen molar-refractivity contribution in [3.63, 3.8) is 0 Å². The van der Waals surface area contributed by atoms with Crippen molar-refractivity contribution in [1.82, 2.24) is 0 Å². The van der Waals surface area contributed by atoms with Gasteiger partial charge in [0.15, 0.2) is 0 Å². The highest BCUT2D eigenvalue weighted by molar-refractivity contribution is 6.79. The zero-order chi connectivity index (χ0) is 18.5. The summed E-state index contributed by atoms with van der Waals surface area (Å²) in [6, 6.07) is 5.96. The number of allylic oxidation sites excluding steroid dienone is 1. The van der Waals surface area contributed by atoms with Crippen LogP contribution in [0.3, 0.4) is 0 Å². The number of benzene rings is 1. The average Bonchev–Trinajstić information content (AvgIpc) is 3.25. The lowest BCUT2D eigenvalue weighted by Crippen LogP contribution is -2.49. The lowest BCUT2D eigenvalue weighted by atomic mass is 9.97. The molecule has 3 atom stereocenters. The summed E-state index contributed by atoms with van der Waals surface area (Å²) in [7, 11) is -2.19. The van der Waals surface area contributed by atoms with Gasteiger partial charge in [-0.25, -0.2) is 0 Å². The fourth-order valence-electron chi connectivity index (χ4n) is 5.11. The second kappa shape index (κ2) is 6.59. The zero-order valence-electron chi connectivity index (χ0n) is 16.0. The first-order valence-electron chi connectivity index (χ1n) is 9.41. The van der Waals surface area contributed by atoms with Gasteiger partial charge >= 0.3 is 0 Å². The Morgan fingerprint density at radius 3 is 2.24 bits per heavy atom. The number of rotatable bonds is 5. The Balaban J connectivity index is 1.87. The van der Waals surface area contributed by atoms with Gasteiger partial charge in [-0.15, -0.1) is 0 Å². The maximum absolute atomic E-state index is 13.2. The van der Waals surface area contributed by atoms with Gasteiger partial charge in [0.1, 0.15) is 0 Å². The number of carbonyl (C=O) groups is 1. The van der Waals surface area contributed by atoms with Crippen molar-refractivity contribution >= 4 is 32.0 Å². The molecule has 136 valence electrons. The molecule has 1 aromatic rings. The van der Waals surface area contributed by atoms with Crippen molar-refractivity contribution in [3.8, 4) is 0 Å². The third-order valence-corrected chi connectivity index (χ3v) is 12.5. The molecule has 1 saturated carbocycles.